The number of aromatic nitrogens is 1. The van der Waals surface area contributed by atoms with Crippen LogP contribution in [0.2, 0.25) is 0 Å². The lowest BCUT2D eigenvalue weighted by molar-refractivity contribution is -0.135. The first-order chi connectivity index (χ1) is 13.5. The molecule has 1 fully saturated rings. The Morgan fingerprint density at radius 2 is 1.93 bits per heavy atom. The number of amides is 1. The van der Waals surface area contributed by atoms with Gasteiger partial charge in [-0.15, -0.1) is 24.0 Å². The maximum atomic E-state index is 12.1. The van der Waals surface area contributed by atoms with Crippen molar-refractivity contribution in [1.29, 1.82) is 0 Å². The van der Waals surface area contributed by atoms with Crippen LogP contribution < -0.4 is 10.6 Å². The third kappa shape index (κ3) is 7.79. The van der Waals surface area contributed by atoms with E-state index >= 15 is 0 Å². The maximum absolute atomic E-state index is 12.1. The molecule has 2 heterocycles. The van der Waals surface area contributed by atoms with E-state index in [4.69, 9.17) is 4.52 Å². The van der Waals surface area contributed by atoms with Crippen LogP contribution in [0.3, 0.4) is 0 Å². The summed E-state index contributed by atoms with van der Waals surface area (Å²) in [5, 5.41) is 11.0. The first-order valence-corrected chi connectivity index (χ1v) is 10.8. The lowest BCUT2D eigenvalue weighted by Gasteiger charge is -2.34. The van der Waals surface area contributed by atoms with E-state index in [0.717, 1.165) is 62.7 Å². The third-order valence-electron chi connectivity index (χ3n) is 5.36. The molecule has 0 aliphatic carbocycles. The first-order valence-electron chi connectivity index (χ1n) is 10.8. The highest BCUT2D eigenvalue weighted by molar-refractivity contribution is 14.0. The number of rotatable bonds is 8. The number of nitrogens with zero attached hydrogens (tertiary/aromatic N) is 3. The molecule has 7 nitrogen and oxygen atoms in total. The lowest BCUT2D eigenvalue weighted by atomic mass is 9.99. The van der Waals surface area contributed by atoms with Gasteiger partial charge in [-0.3, -0.25) is 4.79 Å². The highest BCUT2D eigenvalue weighted by atomic mass is 127. The van der Waals surface area contributed by atoms with Gasteiger partial charge in [0.25, 0.3) is 0 Å². The van der Waals surface area contributed by atoms with Crippen molar-refractivity contribution in [2.75, 3.05) is 19.6 Å². The minimum absolute atomic E-state index is 0. The Morgan fingerprint density at radius 3 is 2.48 bits per heavy atom. The van der Waals surface area contributed by atoms with Gasteiger partial charge in [0.15, 0.2) is 11.7 Å². The van der Waals surface area contributed by atoms with Crippen LogP contribution in [0.5, 0.6) is 0 Å². The van der Waals surface area contributed by atoms with Crippen molar-refractivity contribution in [3.8, 4) is 0 Å². The molecule has 1 saturated heterocycles. The molecule has 2 N–H and O–H groups in total. The number of halogens is 1. The highest BCUT2D eigenvalue weighted by Crippen LogP contribution is 2.22. The molecule has 1 aromatic rings. The number of aliphatic imine (C=N–C) groups is 1. The van der Waals surface area contributed by atoms with E-state index in [0.29, 0.717) is 18.5 Å². The Kier molecular flexibility index (Phi) is 11.6. The van der Waals surface area contributed by atoms with Crippen molar-refractivity contribution in [1.82, 2.24) is 20.7 Å². The maximum Gasteiger partial charge on any atom is 0.225 e. The van der Waals surface area contributed by atoms with Crippen molar-refractivity contribution in [2.45, 2.75) is 78.8 Å². The van der Waals surface area contributed by atoms with Gasteiger partial charge in [-0.25, -0.2) is 4.99 Å². The van der Waals surface area contributed by atoms with Crippen LogP contribution >= 0.6 is 24.0 Å². The Labute approximate surface area is 192 Å². The van der Waals surface area contributed by atoms with Gasteiger partial charge in [-0.05, 0) is 32.6 Å². The second-order valence-corrected chi connectivity index (χ2v) is 7.83. The lowest BCUT2D eigenvalue weighted by Crippen LogP contribution is -2.50. The SMILES string of the molecule is CCNC(=NCc1cc(C(CC)CC)no1)NC1CCN(C(=O)C(C)C)CC1.I. The van der Waals surface area contributed by atoms with E-state index in [2.05, 4.69) is 41.6 Å². The summed E-state index contributed by atoms with van der Waals surface area (Å²) in [6.45, 7) is 13.2. The normalized spacial score (nSPS) is 15.6. The van der Waals surface area contributed by atoms with E-state index in [9.17, 15) is 4.79 Å². The molecule has 1 aliphatic heterocycles. The van der Waals surface area contributed by atoms with Crippen molar-refractivity contribution in [3.63, 3.8) is 0 Å². The fourth-order valence-electron chi connectivity index (χ4n) is 3.58. The average molecular weight is 519 g/mol. The highest BCUT2D eigenvalue weighted by Gasteiger charge is 2.24. The van der Waals surface area contributed by atoms with Gasteiger partial charge >= 0.3 is 0 Å². The van der Waals surface area contributed by atoms with Crippen molar-refractivity contribution >= 4 is 35.8 Å². The minimum Gasteiger partial charge on any atom is -0.359 e. The monoisotopic (exact) mass is 519 g/mol. The molecule has 1 amide bonds. The summed E-state index contributed by atoms with van der Waals surface area (Å²) in [5.74, 6) is 2.34. The number of piperidine rings is 1. The molecule has 1 aliphatic rings. The zero-order valence-corrected chi connectivity index (χ0v) is 20.9. The molecule has 8 heteroatoms. The molecule has 0 radical (unpaired) electrons. The summed E-state index contributed by atoms with van der Waals surface area (Å²) in [4.78, 5) is 18.8. The molecule has 2 rings (SSSR count). The van der Waals surface area contributed by atoms with Crippen molar-refractivity contribution < 1.29 is 9.32 Å². The van der Waals surface area contributed by atoms with Crippen molar-refractivity contribution in [3.05, 3.63) is 17.5 Å². The molecule has 166 valence electrons. The molecule has 0 bridgehead atoms. The Hall–Kier alpha value is -1.32. The van der Waals surface area contributed by atoms with Crippen LogP contribution in [0.25, 0.3) is 0 Å². The fraction of sp³-hybridized carbons (Fsp3) is 0.762. The van der Waals surface area contributed by atoms with Gasteiger partial charge < -0.3 is 20.1 Å². The number of carbonyl (C=O) groups excluding carboxylic acids is 1. The largest absolute Gasteiger partial charge is 0.359 e. The van der Waals surface area contributed by atoms with Gasteiger partial charge in [0.05, 0.1) is 5.69 Å². The van der Waals surface area contributed by atoms with Crippen LogP contribution in [0, 0.1) is 5.92 Å². The fourth-order valence-corrected chi connectivity index (χ4v) is 3.58. The second kappa shape index (κ2) is 13.1. The number of likely N-dealkylation sites (tertiary alicyclic amines) is 1. The van der Waals surface area contributed by atoms with Crippen LogP contribution in [0.1, 0.15) is 77.7 Å². The van der Waals surface area contributed by atoms with E-state index in [1.165, 1.54) is 0 Å². The van der Waals surface area contributed by atoms with Crippen LogP contribution in [0.4, 0.5) is 0 Å². The predicted octanol–water partition coefficient (Wildman–Crippen LogP) is 3.90. The molecule has 29 heavy (non-hydrogen) atoms. The van der Waals surface area contributed by atoms with Crippen LogP contribution in [-0.4, -0.2) is 47.6 Å². The standard InChI is InChI=1S/C21H37N5O2.HI/c1-6-16(7-2)19-13-18(28-25-19)14-23-21(22-8-3)24-17-9-11-26(12-10-17)20(27)15(4)5;/h13,15-17H,6-12,14H2,1-5H3,(H2,22,23,24);1H. The molecular weight excluding hydrogens is 481 g/mol. The number of nitrogens with one attached hydrogen (secondary N) is 2. The summed E-state index contributed by atoms with van der Waals surface area (Å²) >= 11 is 0. The third-order valence-corrected chi connectivity index (χ3v) is 5.36. The molecule has 0 aromatic carbocycles. The zero-order chi connectivity index (χ0) is 20.5. The van der Waals surface area contributed by atoms with Gasteiger partial charge in [-0.1, -0.05) is 32.9 Å². The molecule has 0 spiro atoms. The first kappa shape index (κ1) is 25.7. The Balaban J connectivity index is 0.00000420. The smallest absolute Gasteiger partial charge is 0.225 e. The number of guanidine groups is 1. The summed E-state index contributed by atoms with van der Waals surface area (Å²) in [5.41, 5.74) is 1.02. The number of hydrogen-bond donors (Lipinski definition) is 2. The Morgan fingerprint density at radius 1 is 1.28 bits per heavy atom. The Bertz CT molecular complexity index is 635. The van der Waals surface area contributed by atoms with E-state index in [-0.39, 0.29) is 35.8 Å². The topological polar surface area (TPSA) is 82.8 Å². The second-order valence-electron chi connectivity index (χ2n) is 7.83. The molecule has 1 aromatic heterocycles. The molecule has 0 unspecified atom stereocenters. The summed E-state index contributed by atoms with van der Waals surface area (Å²) in [6, 6.07) is 2.35. The quantitative estimate of drug-likeness (QED) is 0.309. The zero-order valence-electron chi connectivity index (χ0n) is 18.5. The van der Waals surface area contributed by atoms with Crippen molar-refractivity contribution in [2.24, 2.45) is 10.9 Å². The van der Waals surface area contributed by atoms with Gasteiger partial charge in [0.2, 0.25) is 5.91 Å². The van der Waals surface area contributed by atoms with Crippen LogP contribution in [-0.2, 0) is 11.3 Å². The average Bonchev–Trinajstić information content (AvgIpc) is 3.16. The van der Waals surface area contributed by atoms with E-state index in [1.807, 2.05) is 24.8 Å². The number of hydrogen-bond acceptors (Lipinski definition) is 4. The van der Waals surface area contributed by atoms with E-state index < -0.39 is 0 Å². The molecule has 0 atom stereocenters. The van der Waals surface area contributed by atoms with Gasteiger partial charge in [0.1, 0.15) is 6.54 Å². The predicted molar refractivity (Wildman–Crippen MR) is 128 cm³/mol. The van der Waals surface area contributed by atoms with Crippen LogP contribution in [0.15, 0.2) is 15.6 Å². The summed E-state index contributed by atoms with van der Waals surface area (Å²) in [6.07, 6.45) is 4.00. The summed E-state index contributed by atoms with van der Waals surface area (Å²) in [7, 11) is 0. The van der Waals surface area contributed by atoms with E-state index in [1.54, 1.807) is 0 Å². The minimum atomic E-state index is 0. The molecule has 0 saturated carbocycles. The molecular formula is C21H38IN5O2. The van der Waals surface area contributed by atoms with Gasteiger partial charge in [0, 0.05) is 43.6 Å². The van der Waals surface area contributed by atoms with Gasteiger partial charge in [-0.2, -0.15) is 0 Å². The summed E-state index contributed by atoms with van der Waals surface area (Å²) < 4.78 is 5.47. The number of carbonyl (C=O) groups is 1.